The van der Waals surface area contributed by atoms with Crippen LogP contribution in [0.3, 0.4) is 0 Å². The Kier molecular flexibility index (Phi) is 13.9. The average molecular weight is 509 g/mol. The molecule has 0 bridgehead atoms. The van der Waals surface area contributed by atoms with Gasteiger partial charge >= 0.3 is 11.9 Å². The first-order chi connectivity index (χ1) is 16.7. The van der Waals surface area contributed by atoms with Crippen molar-refractivity contribution in [1.29, 1.82) is 0 Å². The number of ether oxygens (including phenoxy) is 2. The standard InChI is InChI=1S/C26H37F5O4/c1-4-7-8-9-10-11-12-13-14-15-16-34-24(32)26(5-2,6-3)25(33)35-17-18-19(27)21(29)23(31)22(30)20(18)28/h4-17H2,1-3H3. The van der Waals surface area contributed by atoms with Crippen molar-refractivity contribution in [3.05, 3.63) is 34.6 Å². The number of carbonyl (C=O) groups excluding carboxylic acids is 2. The summed E-state index contributed by atoms with van der Waals surface area (Å²) in [6.07, 6.45) is 11.0. The Bertz CT molecular complexity index is 795. The smallest absolute Gasteiger partial charge is 0.323 e. The van der Waals surface area contributed by atoms with Crippen molar-refractivity contribution in [2.75, 3.05) is 6.61 Å². The summed E-state index contributed by atoms with van der Waals surface area (Å²) >= 11 is 0. The first kappa shape index (κ1) is 30.8. The Hall–Kier alpha value is -2.19. The number of hydrogen-bond donors (Lipinski definition) is 0. The van der Waals surface area contributed by atoms with Gasteiger partial charge in [-0.2, -0.15) is 0 Å². The van der Waals surface area contributed by atoms with Crippen LogP contribution in [0.25, 0.3) is 0 Å². The summed E-state index contributed by atoms with van der Waals surface area (Å²) < 4.78 is 77.8. The molecule has 35 heavy (non-hydrogen) atoms. The lowest BCUT2D eigenvalue weighted by Gasteiger charge is -2.27. The molecule has 0 unspecified atom stereocenters. The van der Waals surface area contributed by atoms with Crippen molar-refractivity contribution in [1.82, 2.24) is 0 Å². The molecule has 0 N–H and O–H groups in total. The Labute approximate surface area is 204 Å². The minimum Gasteiger partial charge on any atom is -0.465 e. The van der Waals surface area contributed by atoms with Crippen molar-refractivity contribution < 1.29 is 41.0 Å². The first-order valence-corrected chi connectivity index (χ1v) is 12.5. The van der Waals surface area contributed by atoms with Gasteiger partial charge in [-0.15, -0.1) is 0 Å². The lowest BCUT2D eigenvalue weighted by molar-refractivity contribution is -0.174. The molecule has 4 nitrogen and oxygen atoms in total. The van der Waals surface area contributed by atoms with Gasteiger partial charge in [-0.05, 0) is 19.3 Å². The molecule has 0 saturated heterocycles. The van der Waals surface area contributed by atoms with Gasteiger partial charge in [-0.25, -0.2) is 22.0 Å². The highest BCUT2D eigenvalue weighted by molar-refractivity contribution is 6.00. The van der Waals surface area contributed by atoms with Crippen LogP contribution in [0.5, 0.6) is 0 Å². The van der Waals surface area contributed by atoms with Crippen molar-refractivity contribution in [3.63, 3.8) is 0 Å². The maximum Gasteiger partial charge on any atom is 0.323 e. The summed E-state index contributed by atoms with van der Waals surface area (Å²) in [5.74, 6) is -12.7. The molecule has 0 amide bonds. The van der Waals surface area contributed by atoms with Crippen LogP contribution in [0.2, 0.25) is 0 Å². The van der Waals surface area contributed by atoms with Gasteiger partial charge in [0.1, 0.15) is 6.61 Å². The molecule has 1 aromatic carbocycles. The van der Waals surface area contributed by atoms with Gasteiger partial charge in [0.2, 0.25) is 5.82 Å². The van der Waals surface area contributed by atoms with Gasteiger partial charge < -0.3 is 9.47 Å². The molecular weight excluding hydrogens is 471 g/mol. The van der Waals surface area contributed by atoms with Crippen LogP contribution in [0.1, 0.15) is 103 Å². The third-order valence-electron chi connectivity index (χ3n) is 6.37. The molecule has 0 aromatic heterocycles. The second kappa shape index (κ2) is 15.7. The first-order valence-electron chi connectivity index (χ1n) is 12.5. The summed E-state index contributed by atoms with van der Waals surface area (Å²) in [6.45, 7) is 4.18. The second-order valence-corrected chi connectivity index (χ2v) is 8.73. The maximum absolute atomic E-state index is 13.9. The SMILES string of the molecule is CCCCCCCCCCCCOC(=O)C(CC)(CC)C(=O)OCc1c(F)c(F)c(F)c(F)c1F. The van der Waals surface area contributed by atoms with Gasteiger partial charge in [0.05, 0.1) is 12.2 Å². The van der Waals surface area contributed by atoms with Crippen LogP contribution in [-0.4, -0.2) is 18.5 Å². The van der Waals surface area contributed by atoms with E-state index in [4.69, 9.17) is 9.47 Å². The van der Waals surface area contributed by atoms with Gasteiger partial charge in [-0.3, -0.25) is 9.59 Å². The number of unbranched alkanes of at least 4 members (excludes halogenated alkanes) is 9. The molecule has 0 radical (unpaired) electrons. The van der Waals surface area contributed by atoms with Crippen LogP contribution >= 0.6 is 0 Å². The summed E-state index contributed by atoms with van der Waals surface area (Å²) in [7, 11) is 0. The fraction of sp³-hybridized carbons (Fsp3) is 0.692. The molecule has 0 atom stereocenters. The summed E-state index contributed by atoms with van der Waals surface area (Å²) in [5, 5.41) is 0. The number of halogens is 5. The van der Waals surface area contributed by atoms with Crippen molar-refractivity contribution >= 4 is 11.9 Å². The fourth-order valence-electron chi connectivity index (χ4n) is 3.86. The van der Waals surface area contributed by atoms with E-state index in [0.29, 0.717) is 6.42 Å². The Morgan fingerprint density at radius 3 is 1.46 bits per heavy atom. The summed E-state index contributed by atoms with van der Waals surface area (Å²) in [6, 6.07) is 0. The van der Waals surface area contributed by atoms with Crippen molar-refractivity contribution in [2.45, 2.75) is 104 Å². The highest BCUT2D eigenvalue weighted by Gasteiger charge is 2.46. The van der Waals surface area contributed by atoms with E-state index in [-0.39, 0.29) is 19.4 Å². The van der Waals surface area contributed by atoms with E-state index < -0.39 is 58.6 Å². The quantitative estimate of drug-likeness (QED) is 0.0540. The van der Waals surface area contributed by atoms with Crippen LogP contribution < -0.4 is 0 Å². The molecule has 0 heterocycles. The van der Waals surface area contributed by atoms with E-state index in [0.717, 1.165) is 19.3 Å². The molecule has 0 aliphatic rings. The highest BCUT2D eigenvalue weighted by Crippen LogP contribution is 2.31. The van der Waals surface area contributed by atoms with Crippen molar-refractivity contribution in [2.24, 2.45) is 5.41 Å². The third-order valence-corrected chi connectivity index (χ3v) is 6.37. The molecule has 0 saturated carbocycles. The number of benzene rings is 1. The number of carbonyl (C=O) groups is 2. The lowest BCUT2D eigenvalue weighted by atomic mass is 9.82. The van der Waals surface area contributed by atoms with Gasteiger partial charge in [0, 0.05) is 0 Å². The van der Waals surface area contributed by atoms with Gasteiger partial charge in [0.25, 0.3) is 0 Å². The van der Waals surface area contributed by atoms with Crippen LogP contribution in [0.4, 0.5) is 22.0 Å². The largest absolute Gasteiger partial charge is 0.465 e. The zero-order valence-electron chi connectivity index (χ0n) is 20.9. The Balaban J connectivity index is 2.56. The molecule has 200 valence electrons. The van der Waals surface area contributed by atoms with Crippen molar-refractivity contribution in [3.8, 4) is 0 Å². The van der Waals surface area contributed by atoms with Crippen LogP contribution in [-0.2, 0) is 25.7 Å². The zero-order valence-corrected chi connectivity index (χ0v) is 20.9. The minimum absolute atomic E-state index is 0.0176. The minimum atomic E-state index is -2.30. The highest BCUT2D eigenvalue weighted by atomic mass is 19.2. The Morgan fingerprint density at radius 1 is 0.600 bits per heavy atom. The molecule has 1 aromatic rings. The van der Waals surface area contributed by atoms with Crippen LogP contribution in [0.15, 0.2) is 0 Å². The monoisotopic (exact) mass is 508 g/mol. The van der Waals surface area contributed by atoms with Gasteiger partial charge in [-0.1, -0.05) is 78.6 Å². The molecule has 0 aliphatic heterocycles. The predicted octanol–water partition coefficient (Wildman–Crippen LogP) is 7.70. The van der Waals surface area contributed by atoms with E-state index in [1.807, 2.05) is 0 Å². The maximum atomic E-state index is 13.9. The van der Waals surface area contributed by atoms with E-state index in [1.54, 1.807) is 13.8 Å². The molecule has 0 fully saturated rings. The Morgan fingerprint density at radius 2 is 1.00 bits per heavy atom. The lowest BCUT2D eigenvalue weighted by Crippen LogP contribution is -2.41. The average Bonchev–Trinajstić information content (AvgIpc) is 2.85. The molecule has 9 heteroatoms. The van der Waals surface area contributed by atoms with Crippen LogP contribution in [0, 0.1) is 34.5 Å². The number of esters is 2. The molecule has 1 rings (SSSR count). The molecular formula is C26H37F5O4. The van der Waals surface area contributed by atoms with E-state index in [1.165, 1.54) is 38.5 Å². The fourth-order valence-corrected chi connectivity index (χ4v) is 3.86. The van der Waals surface area contributed by atoms with E-state index >= 15 is 0 Å². The third kappa shape index (κ3) is 8.46. The second-order valence-electron chi connectivity index (χ2n) is 8.73. The topological polar surface area (TPSA) is 52.6 Å². The predicted molar refractivity (Wildman–Crippen MR) is 122 cm³/mol. The number of hydrogen-bond acceptors (Lipinski definition) is 4. The van der Waals surface area contributed by atoms with E-state index in [9.17, 15) is 31.5 Å². The molecule has 0 aliphatic carbocycles. The normalized spacial score (nSPS) is 11.5. The van der Waals surface area contributed by atoms with Gasteiger partial charge in [0.15, 0.2) is 28.7 Å². The summed E-state index contributed by atoms with van der Waals surface area (Å²) in [4.78, 5) is 25.4. The number of rotatable bonds is 17. The van der Waals surface area contributed by atoms with E-state index in [2.05, 4.69) is 6.92 Å². The zero-order chi connectivity index (χ0) is 26.4. The molecule has 0 spiro atoms. The summed E-state index contributed by atoms with van der Waals surface area (Å²) in [5.41, 5.74) is -3.02.